The standard InChI is InChI=1S/C22H25FN2O3/c1-15-13-17(22(27)25-12-4-3-5-16(25)2)6-11-20(15)24-21(26)14-28-19-9-7-18(23)8-10-19/h6-11,13,16H,3-5,12,14H2,1-2H3,(H,24,26). The van der Waals surface area contributed by atoms with Crippen LogP contribution in [0, 0.1) is 12.7 Å². The van der Waals surface area contributed by atoms with E-state index in [-0.39, 0.29) is 30.3 Å². The van der Waals surface area contributed by atoms with Gasteiger partial charge in [-0.1, -0.05) is 0 Å². The van der Waals surface area contributed by atoms with Gasteiger partial charge in [0.25, 0.3) is 11.8 Å². The molecule has 28 heavy (non-hydrogen) atoms. The lowest BCUT2D eigenvalue weighted by Crippen LogP contribution is -2.42. The number of likely N-dealkylation sites (tertiary alicyclic amines) is 1. The SMILES string of the molecule is Cc1cc(C(=O)N2CCCCC2C)ccc1NC(=O)COc1ccc(F)cc1. The van der Waals surface area contributed by atoms with E-state index in [1.807, 2.05) is 11.8 Å². The summed E-state index contributed by atoms with van der Waals surface area (Å²) in [6, 6.07) is 11.0. The van der Waals surface area contributed by atoms with Gasteiger partial charge >= 0.3 is 0 Å². The molecule has 0 saturated carbocycles. The molecule has 0 aromatic heterocycles. The Morgan fingerprint density at radius 3 is 2.61 bits per heavy atom. The number of nitrogens with zero attached hydrogens (tertiary/aromatic N) is 1. The summed E-state index contributed by atoms with van der Waals surface area (Å²) < 4.78 is 18.2. The molecule has 0 aliphatic carbocycles. The summed E-state index contributed by atoms with van der Waals surface area (Å²) in [6.45, 7) is 4.54. The average Bonchev–Trinajstić information content (AvgIpc) is 2.69. The second-order valence-electron chi connectivity index (χ2n) is 7.16. The van der Waals surface area contributed by atoms with Crippen LogP contribution in [-0.4, -0.2) is 35.9 Å². The van der Waals surface area contributed by atoms with Crippen molar-refractivity contribution in [2.24, 2.45) is 0 Å². The molecule has 1 heterocycles. The smallest absolute Gasteiger partial charge is 0.262 e. The third kappa shape index (κ3) is 4.88. The van der Waals surface area contributed by atoms with Crippen LogP contribution in [0.1, 0.15) is 42.1 Å². The highest BCUT2D eigenvalue weighted by Gasteiger charge is 2.24. The van der Waals surface area contributed by atoms with Crippen molar-refractivity contribution in [1.82, 2.24) is 4.90 Å². The van der Waals surface area contributed by atoms with Crippen LogP contribution >= 0.6 is 0 Å². The lowest BCUT2D eigenvalue weighted by atomic mass is 10.0. The number of nitrogens with one attached hydrogen (secondary N) is 1. The van der Waals surface area contributed by atoms with Crippen LogP contribution < -0.4 is 10.1 Å². The molecule has 0 bridgehead atoms. The maximum Gasteiger partial charge on any atom is 0.262 e. The van der Waals surface area contributed by atoms with Gasteiger partial charge in [-0.2, -0.15) is 0 Å². The summed E-state index contributed by atoms with van der Waals surface area (Å²) in [6.07, 6.45) is 3.24. The number of carbonyl (C=O) groups is 2. The van der Waals surface area contributed by atoms with Gasteiger partial charge in [-0.3, -0.25) is 9.59 Å². The Kier molecular flexibility index (Phi) is 6.29. The van der Waals surface area contributed by atoms with Crippen LogP contribution in [-0.2, 0) is 4.79 Å². The number of anilines is 1. The summed E-state index contributed by atoms with van der Waals surface area (Å²) in [5, 5.41) is 2.78. The van der Waals surface area contributed by atoms with Gasteiger partial charge < -0.3 is 15.0 Å². The lowest BCUT2D eigenvalue weighted by molar-refractivity contribution is -0.118. The van der Waals surface area contributed by atoms with Crippen LogP contribution in [0.3, 0.4) is 0 Å². The van der Waals surface area contributed by atoms with E-state index in [1.165, 1.54) is 24.3 Å². The fourth-order valence-electron chi connectivity index (χ4n) is 3.37. The Bertz CT molecular complexity index is 851. The molecular weight excluding hydrogens is 359 g/mol. The molecule has 1 atom stereocenters. The number of ether oxygens (including phenoxy) is 1. The van der Waals surface area contributed by atoms with E-state index < -0.39 is 0 Å². The van der Waals surface area contributed by atoms with Gasteiger partial charge in [-0.15, -0.1) is 0 Å². The monoisotopic (exact) mass is 384 g/mol. The van der Waals surface area contributed by atoms with Crippen molar-refractivity contribution in [3.05, 3.63) is 59.4 Å². The molecule has 1 unspecified atom stereocenters. The van der Waals surface area contributed by atoms with Gasteiger partial charge in [-0.05, 0) is 81.1 Å². The molecule has 1 saturated heterocycles. The predicted octanol–water partition coefficient (Wildman–Crippen LogP) is 4.17. The minimum absolute atomic E-state index is 0.0350. The Balaban J connectivity index is 1.59. The highest BCUT2D eigenvalue weighted by Crippen LogP contribution is 2.22. The first-order valence-corrected chi connectivity index (χ1v) is 9.54. The molecule has 1 N–H and O–H groups in total. The molecule has 148 valence electrons. The summed E-state index contributed by atoms with van der Waals surface area (Å²) in [5.41, 5.74) is 2.08. The van der Waals surface area contributed by atoms with Crippen molar-refractivity contribution in [3.8, 4) is 5.75 Å². The second-order valence-corrected chi connectivity index (χ2v) is 7.16. The number of benzene rings is 2. The van der Waals surface area contributed by atoms with Gasteiger partial charge in [0, 0.05) is 23.8 Å². The zero-order valence-corrected chi connectivity index (χ0v) is 16.2. The molecule has 0 spiro atoms. The Hall–Kier alpha value is -2.89. The summed E-state index contributed by atoms with van der Waals surface area (Å²) >= 11 is 0. The Morgan fingerprint density at radius 1 is 1.18 bits per heavy atom. The van der Waals surface area contributed by atoms with Gasteiger partial charge in [0.2, 0.25) is 0 Å². The van der Waals surface area contributed by atoms with Gasteiger partial charge in [-0.25, -0.2) is 4.39 Å². The number of amides is 2. The molecule has 0 radical (unpaired) electrons. The van der Waals surface area contributed by atoms with E-state index in [1.54, 1.807) is 18.2 Å². The first-order valence-electron chi connectivity index (χ1n) is 9.54. The van der Waals surface area contributed by atoms with E-state index in [2.05, 4.69) is 12.2 Å². The highest BCUT2D eigenvalue weighted by atomic mass is 19.1. The predicted molar refractivity (Wildman–Crippen MR) is 106 cm³/mol. The second kappa shape index (κ2) is 8.87. The molecule has 2 amide bonds. The van der Waals surface area contributed by atoms with Crippen molar-refractivity contribution in [2.45, 2.75) is 39.2 Å². The lowest BCUT2D eigenvalue weighted by Gasteiger charge is -2.33. The van der Waals surface area contributed by atoms with Crippen molar-refractivity contribution >= 4 is 17.5 Å². The summed E-state index contributed by atoms with van der Waals surface area (Å²) in [5.74, 6) is -0.227. The van der Waals surface area contributed by atoms with Gasteiger partial charge in [0.05, 0.1) is 0 Å². The molecule has 2 aromatic carbocycles. The van der Waals surface area contributed by atoms with Gasteiger partial charge in [0.15, 0.2) is 6.61 Å². The van der Waals surface area contributed by atoms with E-state index in [0.29, 0.717) is 17.0 Å². The largest absolute Gasteiger partial charge is 0.484 e. The normalized spacial score (nSPS) is 16.5. The van der Waals surface area contributed by atoms with Crippen LogP contribution in [0.5, 0.6) is 5.75 Å². The Morgan fingerprint density at radius 2 is 1.93 bits per heavy atom. The molecule has 1 fully saturated rings. The van der Waals surface area contributed by atoms with Crippen molar-refractivity contribution in [2.75, 3.05) is 18.5 Å². The van der Waals surface area contributed by atoms with Crippen molar-refractivity contribution < 1.29 is 18.7 Å². The fourth-order valence-corrected chi connectivity index (χ4v) is 3.37. The first kappa shape index (κ1) is 19.9. The topological polar surface area (TPSA) is 58.6 Å². The molecule has 1 aliphatic rings. The van der Waals surface area contributed by atoms with Crippen molar-refractivity contribution in [3.63, 3.8) is 0 Å². The molecule has 3 rings (SSSR count). The van der Waals surface area contributed by atoms with E-state index in [4.69, 9.17) is 4.74 Å². The fraction of sp³-hybridized carbons (Fsp3) is 0.364. The number of rotatable bonds is 5. The van der Waals surface area contributed by atoms with Crippen LogP contribution in [0.4, 0.5) is 10.1 Å². The number of halogens is 1. The molecule has 5 nitrogen and oxygen atoms in total. The van der Waals surface area contributed by atoms with Crippen molar-refractivity contribution in [1.29, 1.82) is 0 Å². The van der Waals surface area contributed by atoms with E-state index in [9.17, 15) is 14.0 Å². The number of carbonyl (C=O) groups excluding carboxylic acids is 2. The van der Waals surface area contributed by atoms with Crippen LogP contribution in [0.25, 0.3) is 0 Å². The molecule has 6 heteroatoms. The summed E-state index contributed by atoms with van der Waals surface area (Å²) in [4.78, 5) is 26.8. The van der Waals surface area contributed by atoms with E-state index in [0.717, 1.165) is 31.4 Å². The first-order chi connectivity index (χ1) is 13.4. The quantitative estimate of drug-likeness (QED) is 0.842. The minimum atomic E-state index is -0.360. The third-order valence-electron chi connectivity index (χ3n) is 4.99. The summed E-state index contributed by atoms with van der Waals surface area (Å²) in [7, 11) is 0. The van der Waals surface area contributed by atoms with E-state index >= 15 is 0 Å². The zero-order valence-electron chi connectivity index (χ0n) is 16.2. The number of hydrogen-bond acceptors (Lipinski definition) is 3. The van der Waals surface area contributed by atoms with Crippen LogP contribution in [0.15, 0.2) is 42.5 Å². The number of hydrogen-bond donors (Lipinski definition) is 1. The third-order valence-corrected chi connectivity index (χ3v) is 4.99. The molecule has 2 aromatic rings. The number of aryl methyl sites for hydroxylation is 1. The molecule has 1 aliphatic heterocycles. The maximum absolute atomic E-state index is 12.9. The van der Waals surface area contributed by atoms with Gasteiger partial charge in [0.1, 0.15) is 11.6 Å². The Labute approximate surface area is 164 Å². The maximum atomic E-state index is 12.9. The molecular formula is C22H25FN2O3. The average molecular weight is 384 g/mol. The number of piperidine rings is 1. The highest BCUT2D eigenvalue weighted by molar-refractivity contribution is 5.97. The zero-order chi connectivity index (χ0) is 20.1. The minimum Gasteiger partial charge on any atom is -0.484 e. The van der Waals surface area contributed by atoms with Crippen LogP contribution in [0.2, 0.25) is 0 Å².